The Morgan fingerprint density at radius 2 is 1.97 bits per heavy atom. The molecule has 0 bridgehead atoms. The minimum absolute atomic E-state index is 0.248. The number of anilines is 1. The number of nitrogens with zero attached hydrogens (tertiary/aromatic N) is 3. The lowest BCUT2D eigenvalue weighted by Crippen LogP contribution is -2.55. The number of rotatable bonds is 2. The van der Waals surface area contributed by atoms with Crippen molar-refractivity contribution in [2.45, 2.75) is 25.7 Å². The Bertz CT molecular complexity index is 1130. The molecule has 1 aromatic carbocycles. The summed E-state index contributed by atoms with van der Waals surface area (Å²) in [5.74, 6) is 0.569. The van der Waals surface area contributed by atoms with Crippen molar-refractivity contribution in [3.8, 4) is 0 Å². The van der Waals surface area contributed by atoms with Crippen LogP contribution in [0.3, 0.4) is 0 Å². The number of aromatic nitrogens is 2. The summed E-state index contributed by atoms with van der Waals surface area (Å²) >= 11 is 0. The number of likely N-dealkylation sites (tertiary alicyclic amines) is 1. The molecule has 0 saturated carbocycles. The number of carbonyl (C=O) groups excluding carboxylic acids is 2. The number of piperidine rings is 2. The number of hydrogen-bond donors (Lipinski definition) is 2. The number of primary amides is 1. The standard InChI is InChI=1S/C22H25N5O2/c1-26-10-4-8-22(21(26)29)9-5-11-27(13-22)20-17-14-6-2-3-7-16(14)25-18(17)15(12-24-20)19(23)28/h2-3,6-7,12,25H,4-5,8-11,13H2,1H3,(H2,23,28). The molecule has 0 radical (unpaired) electrons. The van der Waals surface area contributed by atoms with Gasteiger partial charge in [0.15, 0.2) is 0 Å². The largest absolute Gasteiger partial charge is 0.365 e. The van der Waals surface area contributed by atoms with Gasteiger partial charge in [0.25, 0.3) is 5.91 Å². The van der Waals surface area contributed by atoms with Gasteiger partial charge in [-0.1, -0.05) is 18.2 Å². The second-order valence-electron chi connectivity index (χ2n) is 8.42. The van der Waals surface area contributed by atoms with Crippen molar-refractivity contribution < 1.29 is 9.59 Å². The Kier molecular flexibility index (Phi) is 4.01. The van der Waals surface area contributed by atoms with Gasteiger partial charge in [-0.05, 0) is 31.7 Å². The molecule has 2 aliphatic heterocycles. The molecule has 3 aromatic rings. The maximum absolute atomic E-state index is 13.1. The number of benzene rings is 1. The Morgan fingerprint density at radius 3 is 2.76 bits per heavy atom. The van der Waals surface area contributed by atoms with E-state index in [1.54, 1.807) is 6.20 Å². The number of H-pyrrole nitrogens is 1. The summed E-state index contributed by atoms with van der Waals surface area (Å²) < 4.78 is 0. The van der Waals surface area contributed by atoms with Gasteiger partial charge in [0.2, 0.25) is 5.91 Å². The lowest BCUT2D eigenvalue weighted by molar-refractivity contribution is -0.145. The van der Waals surface area contributed by atoms with Gasteiger partial charge < -0.3 is 20.5 Å². The fourth-order valence-corrected chi connectivity index (χ4v) is 5.22. The minimum Gasteiger partial charge on any atom is -0.365 e. The monoisotopic (exact) mass is 391 g/mol. The molecule has 2 fully saturated rings. The molecule has 7 heteroatoms. The average Bonchev–Trinajstić information content (AvgIpc) is 3.11. The number of amides is 2. The fourth-order valence-electron chi connectivity index (χ4n) is 5.22. The van der Waals surface area contributed by atoms with E-state index in [-0.39, 0.29) is 11.3 Å². The summed E-state index contributed by atoms with van der Waals surface area (Å²) in [6.45, 7) is 2.34. The molecule has 0 aliphatic carbocycles. The number of nitrogens with two attached hydrogens (primary N) is 1. The van der Waals surface area contributed by atoms with Gasteiger partial charge in [0.05, 0.1) is 21.9 Å². The summed E-state index contributed by atoms with van der Waals surface area (Å²) in [5.41, 5.74) is 7.32. The molecule has 3 N–H and O–H groups in total. The lowest BCUT2D eigenvalue weighted by atomic mass is 9.73. The summed E-state index contributed by atoms with van der Waals surface area (Å²) in [5, 5.41) is 1.92. The summed E-state index contributed by atoms with van der Waals surface area (Å²) in [7, 11) is 1.90. The molecular weight excluding hydrogens is 366 g/mol. The molecular formula is C22H25N5O2. The maximum Gasteiger partial charge on any atom is 0.252 e. The highest BCUT2D eigenvalue weighted by Gasteiger charge is 2.46. The van der Waals surface area contributed by atoms with Crippen LogP contribution in [0.25, 0.3) is 21.8 Å². The average molecular weight is 391 g/mol. The highest BCUT2D eigenvalue weighted by atomic mass is 16.2. The predicted molar refractivity (Wildman–Crippen MR) is 113 cm³/mol. The predicted octanol–water partition coefficient (Wildman–Crippen LogP) is 2.65. The van der Waals surface area contributed by atoms with Gasteiger partial charge in [-0.3, -0.25) is 9.59 Å². The zero-order chi connectivity index (χ0) is 20.2. The van der Waals surface area contributed by atoms with Crippen molar-refractivity contribution in [2.75, 3.05) is 31.6 Å². The highest BCUT2D eigenvalue weighted by molar-refractivity contribution is 6.18. The molecule has 1 spiro atoms. The van der Waals surface area contributed by atoms with Crippen LogP contribution in [-0.2, 0) is 4.79 Å². The summed E-state index contributed by atoms with van der Waals surface area (Å²) in [6.07, 6.45) is 5.38. The summed E-state index contributed by atoms with van der Waals surface area (Å²) in [6, 6.07) is 7.96. The molecule has 1 atom stereocenters. The van der Waals surface area contributed by atoms with E-state index in [1.807, 2.05) is 36.2 Å². The van der Waals surface area contributed by atoms with E-state index in [0.717, 1.165) is 66.4 Å². The first-order chi connectivity index (χ1) is 14.0. The first-order valence-corrected chi connectivity index (χ1v) is 10.2. The van der Waals surface area contributed by atoms with Gasteiger partial charge in [-0.25, -0.2) is 4.98 Å². The SMILES string of the molecule is CN1CCCC2(CCCN(c3ncc(C(N)=O)c4[nH]c5ccccc5c34)C2)C1=O. The number of para-hydroxylation sites is 1. The second-order valence-corrected chi connectivity index (χ2v) is 8.42. The molecule has 2 aliphatic rings. The number of hydrogen-bond acceptors (Lipinski definition) is 4. The van der Waals surface area contributed by atoms with Crippen molar-refractivity contribution in [3.05, 3.63) is 36.0 Å². The Morgan fingerprint density at radius 1 is 1.21 bits per heavy atom. The van der Waals surface area contributed by atoms with Crippen molar-refractivity contribution in [3.63, 3.8) is 0 Å². The molecule has 2 saturated heterocycles. The lowest BCUT2D eigenvalue weighted by Gasteiger charge is -2.46. The third kappa shape index (κ3) is 2.68. The van der Waals surface area contributed by atoms with E-state index < -0.39 is 5.91 Å². The third-order valence-corrected chi connectivity index (χ3v) is 6.61. The van der Waals surface area contributed by atoms with Crippen LogP contribution in [-0.4, -0.2) is 53.4 Å². The number of pyridine rings is 1. The Labute approximate surface area is 168 Å². The number of fused-ring (bicyclic) bond motifs is 3. The Balaban J connectivity index is 1.66. The first-order valence-electron chi connectivity index (χ1n) is 10.2. The Hall–Kier alpha value is -3.09. The van der Waals surface area contributed by atoms with Crippen molar-refractivity contribution >= 4 is 39.4 Å². The quantitative estimate of drug-likeness (QED) is 0.702. The molecule has 7 nitrogen and oxygen atoms in total. The van der Waals surface area contributed by atoms with Gasteiger partial charge in [0.1, 0.15) is 5.82 Å². The minimum atomic E-state index is -0.500. The second kappa shape index (κ2) is 6.47. The number of aromatic amines is 1. The van der Waals surface area contributed by atoms with E-state index in [0.29, 0.717) is 12.1 Å². The van der Waals surface area contributed by atoms with Crippen LogP contribution in [0.1, 0.15) is 36.0 Å². The molecule has 5 rings (SSSR count). The van der Waals surface area contributed by atoms with Crippen LogP contribution in [0.4, 0.5) is 5.82 Å². The van der Waals surface area contributed by atoms with E-state index in [4.69, 9.17) is 5.73 Å². The van der Waals surface area contributed by atoms with E-state index in [1.165, 1.54) is 0 Å². The summed E-state index contributed by atoms with van der Waals surface area (Å²) in [4.78, 5) is 37.2. The molecule has 29 heavy (non-hydrogen) atoms. The molecule has 2 amide bonds. The molecule has 2 aromatic heterocycles. The van der Waals surface area contributed by atoms with E-state index in [2.05, 4.69) is 14.9 Å². The van der Waals surface area contributed by atoms with E-state index in [9.17, 15) is 9.59 Å². The van der Waals surface area contributed by atoms with Gasteiger partial charge in [-0.2, -0.15) is 0 Å². The third-order valence-electron chi connectivity index (χ3n) is 6.61. The van der Waals surface area contributed by atoms with Crippen LogP contribution < -0.4 is 10.6 Å². The van der Waals surface area contributed by atoms with Gasteiger partial charge >= 0.3 is 0 Å². The molecule has 150 valence electrons. The van der Waals surface area contributed by atoms with Crippen LogP contribution >= 0.6 is 0 Å². The number of nitrogens with one attached hydrogen (secondary N) is 1. The topological polar surface area (TPSA) is 95.3 Å². The molecule has 1 unspecified atom stereocenters. The van der Waals surface area contributed by atoms with Crippen LogP contribution in [0.2, 0.25) is 0 Å². The van der Waals surface area contributed by atoms with Crippen molar-refractivity contribution in [1.82, 2.24) is 14.9 Å². The molecule has 4 heterocycles. The smallest absolute Gasteiger partial charge is 0.252 e. The van der Waals surface area contributed by atoms with Crippen molar-refractivity contribution in [1.29, 1.82) is 0 Å². The zero-order valence-corrected chi connectivity index (χ0v) is 16.6. The first kappa shape index (κ1) is 18.0. The van der Waals surface area contributed by atoms with Gasteiger partial charge in [-0.15, -0.1) is 0 Å². The van der Waals surface area contributed by atoms with Gasteiger partial charge in [0, 0.05) is 43.8 Å². The van der Waals surface area contributed by atoms with Crippen molar-refractivity contribution in [2.24, 2.45) is 11.1 Å². The van der Waals surface area contributed by atoms with Crippen LogP contribution in [0.5, 0.6) is 0 Å². The number of carbonyl (C=O) groups is 2. The van der Waals surface area contributed by atoms with Crippen LogP contribution in [0, 0.1) is 5.41 Å². The van der Waals surface area contributed by atoms with Crippen LogP contribution in [0.15, 0.2) is 30.5 Å². The zero-order valence-electron chi connectivity index (χ0n) is 16.6. The highest BCUT2D eigenvalue weighted by Crippen LogP contribution is 2.42. The normalized spacial score (nSPS) is 22.7. The maximum atomic E-state index is 13.1. The van der Waals surface area contributed by atoms with E-state index >= 15 is 0 Å². The fraction of sp³-hybridized carbons (Fsp3) is 0.409.